The van der Waals surface area contributed by atoms with Crippen molar-refractivity contribution in [2.45, 2.75) is 213 Å². The van der Waals surface area contributed by atoms with E-state index in [1.165, 1.54) is 0 Å². The molecule has 2 heterocycles. The SMILES string of the molecule is CC(C)CCC1CCC(=O)c2c([C@@H](CCCOCc3ccccc3)CC(=O)OC(C)(C)C)noc21.CC(C)CCC1CCC(O)c2c([C@@H](CCCOCc3ccccc3)CC(=O)OC(C)(C)C)noc21. The van der Waals surface area contributed by atoms with Crippen molar-refractivity contribution in [2.75, 3.05) is 13.2 Å². The Kier molecular flexibility index (Phi) is 21.9. The standard InChI is InChI=1S/C29H43NO5.C29H41NO5/c2*1-20(2)13-14-22-15-16-24(31)26-27(30-35-28(22)26)23(18-25(32)34-29(3,4)5)12-9-17-33-19-21-10-7-6-8-11-21/h6-8,10-11,20,22-24,31H,9,12-19H2,1-5H3;6-8,10-11,20,22-23H,9,12-19H2,1-5H3/t22?,23-,24?;22?,23-/m00/s1. The van der Waals surface area contributed by atoms with Crippen LogP contribution in [0.15, 0.2) is 69.7 Å². The van der Waals surface area contributed by atoms with Gasteiger partial charge in [-0.25, -0.2) is 0 Å². The highest BCUT2D eigenvalue weighted by molar-refractivity contribution is 5.99. The van der Waals surface area contributed by atoms with Gasteiger partial charge in [0.25, 0.3) is 0 Å². The molecule has 0 saturated heterocycles. The third-order valence-corrected chi connectivity index (χ3v) is 12.9. The summed E-state index contributed by atoms with van der Waals surface area (Å²) >= 11 is 0. The van der Waals surface area contributed by atoms with Crippen molar-refractivity contribution in [2.24, 2.45) is 11.8 Å². The number of hydrogen-bond acceptors (Lipinski definition) is 12. The molecule has 4 aromatic rings. The highest BCUT2D eigenvalue weighted by Gasteiger charge is 2.38. The summed E-state index contributed by atoms with van der Waals surface area (Å²) in [4.78, 5) is 38.5. The molecule has 6 rings (SSSR count). The van der Waals surface area contributed by atoms with Gasteiger partial charge in [-0.15, -0.1) is 0 Å². The van der Waals surface area contributed by atoms with E-state index in [0.29, 0.717) is 81.0 Å². The van der Waals surface area contributed by atoms with E-state index < -0.39 is 17.3 Å². The number of fused-ring (bicyclic) bond motifs is 2. The molecule has 5 atom stereocenters. The summed E-state index contributed by atoms with van der Waals surface area (Å²) < 4.78 is 34.6. The molecule has 0 amide bonds. The quantitative estimate of drug-likeness (QED) is 0.0523. The number of carbonyl (C=O) groups excluding carboxylic acids is 3. The summed E-state index contributed by atoms with van der Waals surface area (Å²) in [5.41, 5.74) is 3.91. The Balaban J connectivity index is 0.000000261. The fourth-order valence-corrected chi connectivity index (χ4v) is 9.45. The summed E-state index contributed by atoms with van der Waals surface area (Å²) in [7, 11) is 0. The maximum absolute atomic E-state index is 13.0. The minimum absolute atomic E-state index is 0.0755. The van der Waals surface area contributed by atoms with E-state index in [2.05, 4.69) is 38.0 Å². The van der Waals surface area contributed by atoms with Crippen LogP contribution in [0.2, 0.25) is 0 Å². The third-order valence-electron chi connectivity index (χ3n) is 12.9. The number of aliphatic hydroxyl groups is 1. The van der Waals surface area contributed by atoms with Crippen LogP contribution in [0.25, 0.3) is 0 Å². The number of aromatic nitrogens is 2. The van der Waals surface area contributed by atoms with E-state index >= 15 is 0 Å². The van der Waals surface area contributed by atoms with E-state index in [4.69, 9.17) is 28.0 Å². The highest BCUT2D eigenvalue weighted by Crippen LogP contribution is 2.45. The van der Waals surface area contributed by atoms with E-state index in [-0.39, 0.29) is 54.2 Å². The number of hydrogen-bond donors (Lipinski definition) is 1. The summed E-state index contributed by atoms with van der Waals surface area (Å²) in [5.74, 6) is 2.32. The van der Waals surface area contributed by atoms with Crippen LogP contribution in [0.4, 0.5) is 0 Å². The molecular weight excluding hydrogens is 885 g/mol. The molecule has 3 unspecified atom stereocenters. The summed E-state index contributed by atoms with van der Waals surface area (Å²) in [6.45, 7) is 22.3. The second kappa shape index (κ2) is 27.3. The van der Waals surface area contributed by atoms with Crippen LogP contribution in [0, 0.1) is 11.8 Å². The van der Waals surface area contributed by atoms with Gasteiger partial charge < -0.3 is 33.1 Å². The molecule has 0 fully saturated rings. The number of carbonyl (C=O) groups is 3. The van der Waals surface area contributed by atoms with Crippen LogP contribution in [-0.4, -0.2) is 57.6 Å². The van der Waals surface area contributed by atoms with Crippen molar-refractivity contribution < 1.29 is 47.5 Å². The summed E-state index contributed by atoms with van der Waals surface area (Å²) in [5, 5.41) is 19.7. The van der Waals surface area contributed by atoms with Crippen molar-refractivity contribution in [3.05, 3.63) is 106 Å². The Labute approximate surface area is 418 Å². The number of rotatable bonds is 24. The highest BCUT2D eigenvalue weighted by atomic mass is 16.6. The number of aliphatic hydroxyl groups excluding tert-OH is 1. The van der Waals surface area contributed by atoms with Gasteiger partial charge >= 0.3 is 11.9 Å². The van der Waals surface area contributed by atoms with Gasteiger partial charge in [0, 0.05) is 48.9 Å². The lowest BCUT2D eigenvalue weighted by Crippen LogP contribution is -2.25. The Morgan fingerprint density at radius 1 is 0.643 bits per heavy atom. The average Bonchev–Trinajstić information content (AvgIpc) is 3.95. The zero-order chi connectivity index (χ0) is 50.8. The van der Waals surface area contributed by atoms with E-state index in [9.17, 15) is 19.5 Å². The van der Waals surface area contributed by atoms with Gasteiger partial charge in [0.1, 0.15) is 17.0 Å². The molecule has 1 N–H and O–H groups in total. The fraction of sp³-hybridized carbons (Fsp3) is 0.638. The number of esters is 2. The van der Waals surface area contributed by atoms with E-state index in [0.717, 1.165) is 79.5 Å². The molecule has 0 aliphatic heterocycles. The predicted molar refractivity (Wildman–Crippen MR) is 271 cm³/mol. The first-order valence-electron chi connectivity index (χ1n) is 26.1. The second-order valence-corrected chi connectivity index (χ2v) is 22.4. The lowest BCUT2D eigenvalue weighted by atomic mass is 9.79. The van der Waals surface area contributed by atoms with Crippen LogP contribution in [0.1, 0.15) is 239 Å². The molecule has 0 spiro atoms. The van der Waals surface area contributed by atoms with Crippen molar-refractivity contribution in [3.63, 3.8) is 0 Å². The zero-order valence-electron chi connectivity index (χ0n) is 44.1. The third kappa shape index (κ3) is 18.5. The van der Waals surface area contributed by atoms with Crippen LogP contribution >= 0.6 is 0 Å². The van der Waals surface area contributed by atoms with Crippen molar-refractivity contribution >= 4 is 17.7 Å². The first kappa shape index (κ1) is 56.3. The smallest absolute Gasteiger partial charge is 0.306 e. The largest absolute Gasteiger partial charge is 0.460 e. The van der Waals surface area contributed by atoms with Crippen molar-refractivity contribution in [1.29, 1.82) is 0 Å². The summed E-state index contributed by atoms with van der Waals surface area (Å²) in [6.07, 6.45) is 9.75. The van der Waals surface area contributed by atoms with Gasteiger partial charge in [0.15, 0.2) is 11.5 Å². The average molecular weight is 969 g/mol. The van der Waals surface area contributed by atoms with Gasteiger partial charge in [-0.2, -0.15) is 0 Å². The molecule has 2 aromatic carbocycles. The lowest BCUT2D eigenvalue weighted by Gasteiger charge is -2.26. The zero-order valence-corrected chi connectivity index (χ0v) is 44.1. The van der Waals surface area contributed by atoms with Gasteiger partial charge in [-0.05, 0) is 122 Å². The second-order valence-electron chi connectivity index (χ2n) is 22.4. The van der Waals surface area contributed by atoms with Gasteiger partial charge in [-0.1, -0.05) is 112 Å². The Morgan fingerprint density at radius 3 is 1.59 bits per heavy atom. The normalized spacial score (nSPS) is 17.9. The van der Waals surface area contributed by atoms with Crippen LogP contribution in [0.3, 0.4) is 0 Å². The molecule has 0 radical (unpaired) electrons. The molecule has 70 heavy (non-hydrogen) atoms. The molecule has 2 aliphatic rings. The predicted octanol–water partition coefficient (Wildman–Crippen LogP) is 13.8. The summed E-state index contributed by atoms with van der Waals surface area (Å²) in [6, 6.07) is 20.1. The lowest BCUT2D eigenvalue weighted by molar-refractivity contribution is -0.156. The number of ether oxygens (including phenoxy) is 4. The minimum atomic E-state index is -0.600. The van der Waals surface area contributed by atoms with Crippen molar-refractivity contribution in [3.8, 4) is 0 Å². The number of ketones is 1. The molecule has 2 aromatic heterocycles. The van der Waals surface area contributed by atoms with Gasteiger partial charge in [-0.3, -0.25) is 14.4 Å². The maximum Gasteiger partial charge on any atom is 0.306 e. The maximum atomic E-state index is 13.0. The number of Topliss-reactive ketones (excluding diaryl/α,β-unsaturated/α-hetero) is 1. The van der Waals surface area contributed by atoms with Crippen molar-refractivity contribution in [1.82, 2.24) is 10.3 Å². The van der Waals surface area contributed by atoms with Gasteiger partial charge in [0.05, 0.1) is 49.1 Å². The van der Waals surface area contributed by atoms with Crippen LogP contribution in [-0.2, 0) is 41.8 Å². The van der Waals surface area contributed by atoms with E-state index in [1.807, 2.05) is 102 Å². The fourth-order valence-electron chi connectivity index (χ4n) is 9.45. The number of nitrogens with zero attached hydrogens (tertiary/aromatic N) is 2. The Bertz CT molecular complexity index is 2180. The van der Waals surface area contributed by atoms with Crippen LogP contribution < -0.4 is 0 Å². The molecule has 12 heteroatoms. The molecular formula is C58H84N2O10. The Hall–Kier alpha value is -4.65. The minimum Gasteiger partial charge on any atom is -0.460 e. The molecule has 12 nitrogen and oxygen atoms in total. The molecule has 386 valence electrons. The monoisotopic (exact) mass is 969 g/mol. The molecule has 0 bridgehead atoms. The Morgan fingerprint density at radius 2 is 1.10 bits per heavy atom. The number of benzene rings is 2. The first-order chi connectivity index (χ1) is 33.3. The molecule has 2 aliphatic carbocycles. The van der Waals surface area contributed by atoms with E-state index in [1.54, 1.807) is 0 Å². The topological polar surface area (TPSA) is 160 Å². The first-order valence-corrected chi connectivity index (χ1v) is 26.1. The molecule has 0 saturated carbocycles. The van der Waals surface area contributed by atoms with Gasteiger partial charge in [0.2, 0.25) is 0 Å². The van der Waals surface area contributed by atoms with Crippen LogP contribution in [0.5, 0.6) is 0 Å².